The first-order valence-corrected chi connectivity index (χ1v) is 7.86. The molecule has 0 radical (unpaired) electrons. The fourth-order valence-corrected chi connectivity index (χ4v) is 2.26. The second-order valence-electron chi connectivity index (χ2n) is 3.31. The lowest BCUT2D eigenvalue weighted by Gasteiger charge is -2.19. The highest BCUT2D eigenvalue weighted by Crippen LogP contribution is 2.50. The van der Waals surface area contributed by atoms with Gasteiger partial charge in [0, 0.05) is 26.0 Å². The molecular formula is C12H17O4PS. The summed E-state index contributed by atoms with van der Waals surface area (Å²) in [7, 11) is 4.50. The van der Waals surface area contributed by atoms with Gasteiger partial charge in [0.15, 0.2) is 11.5 Å². The van der Waals surface area contributed by atoms with Gasteiger partial charge in [-0.15, -0.1) is 0 Å². The van der Waals surface area contributed by atoms with Crippen molar-refractivity contribution in [3.05, 3.63) is 29.8 Å². The van der Waals surface area contributed by atoms with E-state index in [9.17, 15) is 0 Å². The molecule has 0 aromatic heterocycles. The smallest absolute Gasteiger partial charge is 0.380 e. The van der Waals surface area contributed by atoms with Crippen LogP contribution in [0.25, 0.3) is 6.08 Å². The maximum absolute atomic E-state index is 5.59. The van der Waals surface area contributed by atoms with Crippen LogP contribution in [0.15, 0.2) is 24.3 Å². The van der Waals surface area contributed by atoms with E-state index in [1.807, 2.05) is 31.2 Å². The Morgan fingerprint density at radius 1 is 1.11 bits per heavy atom. The molecule has 0 aliphatic carbocycles. The standard InChI is InChI=1S/C12H17O4PS/c1-5-6-10-7-8-11(12(9-10)13-2)16-17(18,14-3)15-4/h5-9H,1-4H3/b6-5-. The minimum atomic E-state index is -2.74. The summed E-state index contributed by atoms with van der Waals surface area (Å²) >= 11 is 5.15. The maximum Gasteiger partial charge on any atom is 0.380 e. The molecular weight excluding hydrogens is 271 g/mol. The van der Waals surface area contributed by atoms with Gasteiger partial charge < -0.3 is 18.3 Å². The number of methoxy groups -OCH3 is 1. The van der Waals surface area contributed by atoms with Crippen molar-refractivity contribution in [1.29, 1.82) is 0 Å². The summed E-state index contributed by atoms with van der Waals surface area (Å²) in [6.45, 7) is -0.787. The molecule has 0 N–H and O–H groups in total. The van der Waals surface area contributed by atoms with E-state index >= 15 is 0 Å². The molecule has 0 saturated heterocycles. The molecule has 4 nitrogen and oxygen atoms in total. The highest BCUT2D eigenvalue weighted by Gasteiger charge is 2.20. The van der Waals surface area contributed by atoms with Crippen molar-refractivity contribution in [2.45, 2.75) is 6.92 Å². The van der Waals surface area contributed by atoms with Crippen LogP contribution in [0.1, 0.15) is 12.5 Å². The number of ether oxygens (including phenoxy) is 1. The fourth-order valence-electron chi connectivity index (χ4n) is 1.33. The topological polar surface area (TPSA) is 36.9 Å². The summed E-state index contributed by atoms with van der Waals surface area (Å²) in [5.41, 5.74) is 1.02. The van der Waals surface area contributed by atoms with Crippen molar-refractivity contribution in [2.75, 3.05) is 21.3 Å². The molecule has 0 spiro atoms. The first-order valence-electron chi connectivity index (χ1n) is 5.30. The molecule has 0 heterocycles. The summed E-state index contributed by atoms with van der Waals surface area (Å²) in [4.78, 5) is 0. The normalized spacial score (nSPS) is 11.8. The van der Waals surface area contributed by atoms with Gasteiger partial charge in [-0.2, -0.15) is 0 Å². The van der Waals surface area contributed by atoms with E-state index in [-0.39, 0.29) is 0 Å². The van der Waals surface area contributed by atoms with Gasteiger partial charge in [-0.05, 0) is 24.6 Å². The van der Waals surface area contributed by atoms with Crippen molar-refractivity contribution in [3.8, 4) is 11.5 Å². The predicted molar refractivity (Wildman–Crippen MR) is 76.6 cm³/mol. The fraction of sp³-hybridized carbons (Fsp3) is 0.333. The van der Waals surface area contributed by atoms with Gasteiger partial charge in [-0.1, -0.05) is 18.2 Å². The SMILES string of the molecule is C/C=C\c1ccc(OP(=S)(OC)OC)c(OC)c1. The second-order valence-corrected chi connectivity index (χ2v) is 6.46. The van der Waals surface area contributed by atoms with Crippen LogP contribution in [-0.4, -0.2) is 21.3 Å². The zero-order valence-electron chi connectivity index (χ0n) is 10.9. The minimum absolute atomic E-state index is 0.512. The molecule has 18 heavy (non-hydrogen) atoms. The molecule has 0 unspecified atom stereocenters. The highest BCUT2D eigenvalue weighted by molar-refractivity contribution is 8.07. The quantitative estimate of drug-likeness (QED) is 0.747. The summed E-state index contributed by atoms with van der Waals surface area (Å²) in [6, 6.07) is 5.55. The lowest BCUT2D eigenvalue weighted by Crippen LogP contribution is -1.98. The van der Waals surface area contributed by atoms with Gasteiger partial charge in [0.05, 0.1) is 7.11 Å². The summed E-state index contributed by atoms with van der Waals surface area (Å²) in [5, 5.41) is 0. The summed E-state index contributed by atoms with van der Waals surface area (Å²) in [6.07, 6.45) is 3.92. The molecule has 100 valence electrons. The Kier molecular flexibility index (Phi) is 5.82. The van der Waals surface area contributed by atoms with E-state index in [4.69, 9.17) is 30.1 Å². The molecule has 1 aromatic rings. The zero-order chi connectivity index (χ0) is 13.6. The third-order valence-corrected chi connectivity index (χ3v) is 4.64. The van der Waals surface area contributed by atoms with Crippen LogP contribution >= 0.6 is 6.72 Å². The molecule has 0 amide bonds. The average molecular weight is 288 g/mol. The average Bonchev–Trinajstić information content (AvgIpc) is 2.40. The van der Waals surface area contributed by atoms with Crippen molar-refractivity contribution >= 4 is 24.6 Å². The molecule has 1 aromatic carbocycles. The first kappa shape index (κ1) is 15.2. The van der Waals surface area contributed by atoms with Crippen molar-refractivity contribution < 1.29 is 18.3 Å². The molecule has 0 aliphatic heterocycles. The van der Waals surface area contributed by atoms with Crippen LogP contribution < -0.4 is 9.26 Å². The molecule has 1 rings (SSSR count). The van der Waals surface area contributed by atoms with E-state index in [0.717, 1.165) is 5.56 Å². The number of benzene rings is 1. The van der Waals surface area contributed by atoms with Crippen LogP contribution in [0.2, 0.25) is 0 Å². The Morgan fingerprint density at radius 3 is 2.28 bits per heavy atom. The van der Waals surface area contributed by atoms with Gasteiger partial charge in [0.2, 0.25) is 0 Å². The number of allylic oxidation sites excluding steroid dienone is 1. The van der Waals surface area contributed by atoms with Crippen molar-refractivity contribution in [3.63, 3.8) is 0 Å². The van der Waals surface area contributed by atoms with Crippen LogP contribution in [0.4, 0.5) is 0 Å². The lowest BCUT2D eigenvalue weighted by atomic mass is 10.2. The van der Waals surface area contributed by atoms with Crippen molar-refractivity contribution in [1.82, 2.24) is 0 Å². The molecule has 6 heteroatoms. The van der Waals surface area contributed by atoms with Crippen LogP contribution in [0.3, 0.4) is 0 Å². The summed E-state index contributed by atoms with van der Waals surface area (Å²) < 4.78 is 21.0. The third-order valence-electron chi connectivity index (χ3n) is 2.20. The zero-order valence-corrected chi connectivity index (χ0v) is 12.6. The Bertz CT molecular complexity index is 465. The molecule has 0 bridgehead atoms. The van der Waals surface area contributed by atoms with Gasteiger partial charge in [0.1, 0.15) is 0 Å². The Hall–Kier alpha value is -0.870. The first-order chi connectivity index (χ1) is 8.58. The molecule has 0 fully saturated rings. The van der Waals surface area contributed by atoms with E-state index in [0.29, 0.717) is 11.5 Å². The van der Waals surface area contributed by atoms with E-state index < -0.39 is 6.72 Å². The van der Waals surface area contributed by atoms with Crippen LogP contribution in [-0.2, 0) is 20.9 Å². The van der Waals surface area contributed by atoms with Crippen molar-refractivity contribution in [2.24, 2.45) is 0 Å². The third kappa shape index (κ3) is 3.82. The van der Waals surface area contributed by atoms with E-state index in [1.165, 1.54) is 14.2 Å². The monoisotopic (exact) mass is 288 g/mol. The lowest BCUT2D eigenvalue weighted by molar-refractivity contribution is 0.268. The van der Waals surface area contributed by atoms with Gasteiger partial charge in [-0.3, -0.25) is 0 Å². The predicted octanol–water partition coefficient (Wildman–Crippen LogP) is 3.62. The Balaban J connectivity index is 3.06. The molecule has 0 saturated carbocycles. The van der Waals surface area contributed by atoms with Crippen LogP contribution in [0.5, 0.6) is 11.5 Å². The number of rotatable bonds is 6. The number of hydrogen-bond acceptors (Lipinski definition) is 5. The minimum Gasteiger partial charge on any atom is -0.493 e. The maximum atomic E-state index is 5.59. The Morgan fingerprint density at radius 2 is 1.78 bits per heavy atom. The highest BCUT2D eigenvalue weighted by atomic mass is 32.5. The molecule has 0 aliphatic rings. The molecule has 0 atom stereocenters. The largest absolute Gasteiger partial charge is 0.493 e. The van der Waals surface area contributed by atoms with E-state index in [2.05, 4.69) is 0 Å². The summed E-state index contributed by atoms with van der Waals surface area (Å²) in [5.74, 6) is 1.10. The van der Waals surface area contributed by atoms with Gasteiger partial charge in [-0.25, -0.2) is 0 Å². The van der Waals surface area contributed by atoms with Crippen LogP contribution in [0, 0.1) is 0 Å². The Labute approximate surface area is 113 Å². The van der Waals surface area contributed by atoms with Gasteiger partial charge >= 0.3 is 6.72 Å². The van der Waals surface area contributed by atoms with E-state index in [1.54, 1.807) is 13.2 Å². The second kappa shape index (κ2) is 6.90. The number of hydrogen-bond donors (Lipinski definition) is 0. The van der Waals surface area contributed by atoms with Gasteiger partial charge in [0.25, 0.3) is 0 Å².